The number of ether oxygens (including phenoxy) is 1. The van der Waals surface area contributed by atoms with Crippen molar-refractivity contribution in [2.45, 2.75) is 26.2 Å². The molecule has 0 bridgehead atoms. The zero-order chi connectivity index (χ0) is 19.6. The van der Waals surface area contributed by atoms with Gasteiger partial charge in [-0.25, -0.2) is 0 Å². The first-order chi connectivity index (χ1) is 13.8. The molecule has 148 valence electrons. The lowest BCUT2D eigenvalue weighted by Gasteiger charge is -2.11. The molecule has 3 aromatic rings. The number of nitrogens with zero attached hydrogens (tertiary/aromatic N) is 4. The van der Waals surface area contributed by atoms with Gasteiger partial charge in [0, 0.05) is 32.3 Å². The lowest BCUT2D eigenvalue weighted by molar-refractivity contribution is 0.414. The van der Waals surface area contributed by atoms with Gasteiger partial charge in [-0.2, -0.15) is 0 Å². The Kier molecular flexibility index (Phi) is 7.23. The van der Waals surface area contributed by atoms with E-state index in [0.29, 0.717) is 0 Å². The molecule has 2 N–H and O–H groups in total. The second-order valence-corrected chi connectivity index (χ2v) is 6.43. The highest BCUT2D eigenvalue weighted by Gasteiger charge is 2.04. The number of benzene rings is 1. The van der Waals surface area contributed by atoms with Gasteiger partial charge in [-0.1, -0.05) is 18.2 Å². The van der Waals surface area contributed by atoms with E-state index in [0.717, 1.165) is 62.1 Å². The van der Waals surface area contributed by atoms with E-state index in [1.807, 2.05) is 40.9 Å². The van der Waals surface area contributed by atoms with E-state index >= 15 is 0 Å². The van der Waals surface area contributed by atoms with Crippen LogP contribution in [-0.2, 0) is 12.8 Å². The van der Waals surface area contributed by atoms with Crippen molar-refractivity contribution in [2.75, 3.05) is 26.7 Å². The monoisotopic (exact) mass is 380 g/mol. The number of aromatic nitrogens is 3. The summed E-state index contributed by atoms with van der Waals surface area (Å²) in [5.74, 6) is 2.71. The van der Waals surface area contributed by atoms with E-state index in [4.69, 9.17) is 4.74 Å². The fourth-order valence-corrected chi connectivity index (χ4v) is 2.95. The molecule has 0 aliphatic heterocycles. The number of aliphatic imine (C=N–C) groups is 1. The third-order valence-electron chi connectivity index (χ3n) is 4.42. The van der Waals surface area contributed by atoms with E-state index in [-0.39, 0.29) is 0 Å². The zero-order valence-corrected chi connectivity index (χ0v) is 16.6. The van der Waals surface area contributed by atoms with Crippen molar-refractivity contribution in [3.05, 3.63) is 60.0 Å². The molecule has 0 spiro atoms. The molecular weight excluding hydrogens is 352 g/mol. The third-order valence-corrected chi connectivity index (χ3v) is 4.42. The van der Waals surface area contributed by atoms with Crippen molar-refractivity contribution in [3.63, 3.8) is 0 Å². The molecule has 0 radical (unpaired) electrons. The van der Waals surface area contributed by atoms with E-state index in [1.54, 1.807) is 7.11 Å². The zero-order valence-electron chi connectivity index (χ0n) is 16.6. The van der Waals surface area contributed by atoms with Crippen LogP contribution in [-0.4, -0.2) is 47.3 Å². The summed E-state index contributed by atoms with van der Waals surface area (Å²) in [4.78, 5) is 4.67. The van der Waals surface area contributed by atoms with E-state index in [2.05, 4.69) is 44.9 Å². The number of guanidine groups is 1. The van der Waals surface area contributed by atoms with Crippen LogP contribution >= 0.6 is 0 Å². The number of hydrogen-bond acceptors (Lipinski definition) is 4. The summed E-state index contributed by atoms with van der Waals surface area (Å²) >= 11 is 0. The Morgan fingerprint density at radius 3 is 2.71 bits per heavy atom. The Balaban J connectivity index is 1.45. The molecule has 2 heterocycles. The Bertz CT molecular complexity index is 887. The van der Waals surface area contributed by atoms with Gasteiger partial charge in [-0.15, -0.1) is 10.2 Å². The minimum absolute atomic E-state index is 0.736. The van der Waals surface area contributed by atoms with Gasteiger partial charge >= 0.3 is 0 Å². The Morgan fingerprint density at radius 2 is 1.93 bits per heavy atom. The highest BCUT2D eigenvalue weighted by atomic mass is 16.5. The number of nitrogens with one attached hydrogen (secondary N) is 2. The van der Waals surface area contributed by atoms with Gasteiger partial charge in [0.1, 0.15) is 11.6 Å². The van der Waals surface area contributed by atoms with Crippen LogP contribution in [0.1, 0.15) is 24.7 Å². The topological polar surface area (TPSA) is 75.8 Å². The molecule has 0 aliphatic carbocycles. The highest BCUT2D eigenvalue weighted by Crippen LogP contribution is 2.11. The van der Waals surface area contributed by atoms with Crippen LogP contribution in [0, 0.1) is 0 Å². The maximum absolute atomic E-state index is 5.19. The van der Waals surface area contributed by atoms with Crippen LogP contribution in [0.15, 0.2) is 53.7 Å². The van der Waals surface area contributed by atoms with Gasteiger partial charge in [0.25, 0.3) is 0 Å². The van der Waals surface area contributed by atoms with Gasteiger partial charge < -0.3 is 15.4 Å². The van der Waals surface area contributed by atoms with E-state index in [9.17, 15) is 0 Å². The molecule has 0 saturated heterocycles. The molecule has 7 heteroatoms. The van der Waals surface area contributed by atoms with Crippen molar-refractivity contribution in [2.24, 2.45) is 4.99 Å². The maximum atomic E-state index is 5.19. The normalized spacial score (nSPS) is 11.6. The van der Waals surface area contributed by atoms with Crippen LogP contribution in [0.4, 0.5) is 0 Å². The molecule has 0 atom stereocenters. The third kappa shape index (κ3) is 5.45. The smallest absolute Gasteiger partial charge is 0.191 e. The van der Waals surface area contributed by atoms with Crippen molar-refractivity contribution in [3.8, 4) is 5.75 Å². The minimum atomic E-state index is 0.736. The van der Waals surface area contributed by atoms with Crippen LogP contribution < -0.4 is 15.4 Å². The summed E-state index contributed by atoms with van der Waals surface area (Å²) < 4.78 is 7.22. The summed E-state index contributed by atoms with van der Waals surface area (Å²) in [6.07, 6.45) is 4.70. The Morgan fingerprint density at radius 1 is 1.07 bits per heavy atom. The first-order valence-electron chi connectivity index (χ1n) is 9.74. The second-order valence-electron chi connectivity index (χ2n) is 6.43. The molecule has 7 nitrogen and oxygen atoms in total. The van der Waals surface area contributed by atoms with Gasteiger partial charge in [-0.05, 0) is 49.6 Å². The van der Waals surface area contributed by atoms with Crippen molar-refractivity contribution >= 4 is 11.6 Å². The molecule has 28 heavy (non-hydrogen) atoms. The Labute approximate surface area is 165 Å². The minimum Gasteiger partial charge on any atom is -0.497 e. The fraction of sp³-hybridized carbons (Fsp3) is 0.381. The van der Waals surface area contributed by atoms with E-state index < -0.39 is 0 Å². The summed E-state index contributed by atoms with van der Waals surface area (Å²) in [7, 11) is 1.68. The number of pyridine rings is 1. The SMILES string of the molecule is CCNC(=NCCCc1nnc2ccccn12)NCCc1ccc(OC)cc1. The van der Waals surface area contributed by atoms with Gasteiger partial charge in [0.15, 0.2) is 11.6 Å². The van der Waals surface area contributed by atoms with Crippen LogP contribution in [0.3, 0.4) is 0 Å². The number of rotatable bonds is 9. The van der Waals surface area contributed by atoms with Crippen molar-refractivity contribution < 1.29 is 4.74 Å². The highest BCUT2D eigenvalue weighted by molar-refractivity contribution is 5.79. The average Bonchev–Trinajstić information content (AvgIpc) is 3.15. The van der Waals surface area contributed by atoms with E-state index in [1.165, 1.54) is 5.56 Å². The van der Waals surface area contributed by atoms with Crippen molar-refractivity contribution in [1.82, 2.24) is 25.2 Å². The summed E-state index contributed by atoms with van der Waals surface area (Å²) in [5.41, 5.74) is 2.15. The van der Waals surface area contributed by atoms with Gasteiger partial charge in [0.2, 0.25) is 0 Å². The number of hydrogen-bond donors (Lipinski definition) is 2. The summed E-state index contributed by atoms with van der Waals surface area (Å²) in [6, 6.07) is 14.1. The number of fused-ring (bicyclic) bond motifs is 1. The molecule has 0 saturated carbocycles. The molecule has 3 rings (SSSR count). The summed E-state index contributed by atoms with van der Waals surface area (Å²) in [6.45, 7) is 4.47. The lowest BCUT2D eigenvalue weighted by Crippen LogP contribution is -2.38. The molecule has 2 aromatic heterocycles. The molecule has 1 aromatic carbocycles. The summed E-state index contributed by atoms with van der Waals surface area (Å²) in [5, 5.41) is 15.1. The van der Waals surface area contributed by atoms with Crippen LogP contribution in [0.2, 0.25) is 0 Å². The number of aryl methyl sites for hydroxylation is 1. The predicted octanol–water partition coefficient (Wildman–Crippen LogP) is 2.47. The largest absolute Gasteiger partial charge is 0.497 e. The van der Waals surface area contributed by atoms with Crippen LogP contribution in [0.5, 0.6) is 5.75 Å². The molecule has 0 amide bonds. The molecule has 0 fully saturated rings. The predicted molar refractivity (Wildman–Crippen MR) is 112 cm³/mol. The second kappa shape index (κ2) is 10.3. The van der Waals surface area contributed by atoms with Crippen LogP contribution in [0.25, 0.3) is 5.65 Å². The van der Waals surface area contributed by atoms with Gasteiger partial charge in [-0.3, -0.25) is 9.39 Å². The quantitative estimate of drug-likeness (QED) is 0.339. The average molecular weight is 380 g/mol. The first kappa shape index (κ1) is 19.7. The molecular formula is C21H28N6O. The van der Waals surface area contributed by atoms with Gasteiger partial charge in [0.05, 0.1) is 7.11 Å². The fourth-order valence-electron chi connectivity index (χ4n) is 2.95. The molecule has 0 aliphatic rings. The molecule has 0 unspecified atom stereocenters. The number of methoxy groups -OCH3 is 1. The lowest BCUT2D eigenvalue weighted by atomic mass is 10.1. The maximum Gasteiger partial charge on any atom is 0.191 e. The Hall–Kier alpha value is -3.09. The van der Waals surface area contributed by atoms with Crippen molar-refractivity contribution in [1.29, 1.82) is 0 Å². The first-order valence-corrected chi connectivity index (χ1v) is 9.74. The standard InChI is InChI=1S/C21H28N6O/c1-3-22-21(24-15-13-17-9-11-18(28-2)12-10-17)23-14-6-8-20-26-25-19-7-4-5-16-27(19)20/h4-5,7,9-12,16H,3,6,8,13-15H2,1-2H3,(H2,22,23,24).